The molecule has 0 bridgehead atoms. The fourth-order valence-electron chi connectivity index (χ4n) is 3.58. The van der Waals surface area contributed by atoms with Gasteiger partial charge in [0.05, 0.1) is 22.6 Å². The molecule has 26 heavy (non-hydrogen) atoms. The number of carbonyl (C=O) groups is 1. The highest BCUT2D eigenvalue weighted by Crippen LogP contribution is 2.25. The first-order valence-corrected chi connectivity index (χ1v) is 11.0. The van der Waals surface area contributed by atoms with Crippen LogP contribution in [0.2, 0.25) is 5.15 Å². The molecule has 140 valence electrons. The molecule has 5 nitrogen and oxygen atoms in total. The molecule has 7 heteroatoms. The first-order valence-electron chi connectivity index (χ1n) is 8.81. The Morgan fingerprint density at radius 2 is 2.08 bits per heavy atom. The first-order chi connectivity index (χ1) is 12.2. The number of nitrogens with one attached hydrogen (secondary N) is 1. The van der Waals surface area contributed by atoms with Crippen LogP contribution in [-0.4, -0.2) is 37.4 Å². The lowest BCUT2D eigenvalue weighted by Crippen LogP contribution is -2.25. The molecule has 0 radical (unpaired) electrons. The van der Waals surface area contributed by atoms with Crippen molar-refractivity contribution in [2.45, 2.75) is 33.1 Å². The molecule has 2 heterocycles. The molecule has 1 saturated heterocycles. The molecule has 1 N–H and O–H groups in total. The number of aromatic nitrogens is 1. The van der Waals surface area contributed by atoms with E-state index in [2.05, 4.69) is 10.3 Å². The number of hydrogen-bond donors (Lipinski definition) is 1. The maximum absolute atomic E-state index is 12.4. The lowest BCUT2D eigenvalue weighted by Gasteiger charge is -2.11. The van der Waals surface area contributed by atoms with Gasteiger partial charge in [-0.2, -0.15) is 0 Å². The smallest absolute Gasteiger partial charge is 0.254 e. The van der Waals surface area contributed by atoms with Gasteiger partial charge in [0.2, 0.25) is 0 Å². The Labute approximate surface area is 159 Å². The van der Waals surface area contributed by atoms with E-state index in [4.69, 9.17) is 11.6 Å². The van der Waals surface area contributed by atoms with Crippen LogP contribution in [-0.2, 0) is 9.84 Å². The van der Waals surface area contributed by atoms with E-state index >= 15 is 0 Å². The van der Waals surface area contributed by atoms with Crippen molar-refractivity contribution >= 4 is 38.2 Å². The summed E-state index contributed by atoms with van der Waals surface area (Å²) < 4.78 is 22.9. The van der Waals surface area contributed by atoms with Crippen LogP contribution in [0.15, 0.2) is 18.2 Å². The number of halogens is 1. The monoisotopic (exact) mass is 394 g/mol. The van der Waals surface area contributed by atoms with Crippen LogP contribution in [0, 0.1) is 19.8 Å². The number of hydrogen-bond acceptors (Lipinski definition) is 4. The van der Waals surface area contributed by atoms with Gasteiger partial charge < -0.3 is 5.32 Å². The van der Waals surface area contributed by atoms with E-state index < -0.39 is 9.84 Å². The average Bonchev–Trinajstić information content (AvgIpc) is 2.90. The second kappa shape index (κ2) is 7.53. The van der Waals surface area contributed by atoms with Gasteiger partial charge in [-0.3, -0.25) is 4.79 Å². The fraction of sp³-hybridized carbons (Fsp3) is 0.474. The molecule has 1 aromatic carbocycles. The Morgan fingerprint density at radius 3 is 2.77 bits per heavy atom. The molecule has 1 atom stereocenters. The van der Waals surface area contributed by atoms with Crippen molar-refractivity contribution in [3.8, 4) is 0 Å². The molecule has 1 aliphatic heterocycles. The molecule has 2 aromatic rings. The van der Waals surface area contributed by atoms with Crippen molar-refractivity contribution in [2.24, 2.45) is 5.92 Å². The third kappa shape index (κ3) is 4.35. The highest BCUT2D eigenvalue weighted by molar-refractivity contribution is 7.91. The second-order valence-electron chi connectivity index (χ2n) is 7.15. The number of nitrogens with zero attached hydrogens (tertiary/aromatic N) is 1. The van der Waals surface area contributed by atoms with Crippen molar-refractivity contribution < 1.29 is 13.2 Å². The number of benzene rings is 1. The summed E-state index contributed by atoms with van der Waals surface area (Å²) in [5.41, 5.74) is 3.31. The Kier molecular flexibility index (Phi) is 5.53. The summed E-state index contributed by atoms with van der Waals surface area (Å²) in [5.74, 6) is 0.540. The van der Waals surface area contributed by atoms with Crippen molar-refractivity contribution in [3.05, 3.63) is 40.0 Å². The lowest BCUT2D eigenvalue weighted by molar-refractivity contribution is 0.0952. The van der Waals surface area contributed by atoms with Gasteiger partial charge in [-0.1, -0.05) is 23.2 Å². The molecule has 0 saturated carbocycles. The number of fused-ring (bicyclic) bond motifs is 1. The van der Waals surface area contributed by atoms with Crippen molar-refractivity contribution in [1.29, 1.82) is 0 Å². The van der Waals surface area contributed by atoms with Crippen LogP contribution in [0.5, 0.6) is 0 Å². The summed E-state index contributed by atoms with van der Waals surface area (Å²) in [6, 6.07) is 5.81. The van der Waals surface area contributed by atoms with Crippen LogP contribution < -0.4 is 5.32 Å². The molecular weight excluding hydrogens is 372 g/mol. The van der Waals surface area contributed by atoms with E-state index in [1.807, 2.05) is 26.0 Å². The molecule has 1 aliphatic rings. The second-order valence-corrected chi connectivity index (χ2v) is 9.73. The summed E-state index contributed by atoms with van der Waals surface area (Å²) in [5, 5.41) is 3.96. The van der Waals surface area contributed by atoms with Crippen LogP contribution >= 0.6 is 11.6 Å². The minimum absolute atomic E-state index is 0.198. The average molecular weight is 395 g/mol. The summed E-state index contributed by atoms with van der Waals surface area (Å²) >= 11 is 6.22. The van der Waals surface area contributed by atoms with Gasteiger partial charge in [0.25, 0.3) is 5.91 Å². The number of amides is 1. The Morgan fingerprint density at radius 1 is 1.31 bits per heavy atom. The predicted molar refractivity (Wildman–Crippen MR) is 105 cm³/mol. The number of pyridine rings is 1. The fourth-order valence-corrected chi connectivity index (χ4v) is 5.71. The molecular formula is C19H23ClN2O3S. The zero-order chi connectivity index (χ0) is 18.9. The summed E-state index contributed by atoms with van der Waals surface area (Å²) in [4.78, 5) is 16.8. The topological polar surface area (TPSA) is 76.1 Å². The first kappa shape index (κ1) is 19.1. The largest absolute Gasteiger partial charge is 0.352 e. The number of rotatable bonds is 5. The van der Waals surface area contributed by atoms with E-state index in [9.17, 15) is 13.2 Å². The van der Waals surface area contributed by atoms with E-state index in [1.54, 1.807) is 6.07 Å². The van der Waals surface area contributed by atoms with Gasteiger partial charge in [0.15, 0.2) is 9.84 Å². The third-order valence-electron chi connectivity index (χ3n) is 4.85. The SMILES string of the molecule is Cc1cc(C)c2nc(Cl)c(C(=O)NCCCC3CCS(=O)(=O)C3)cc2c1. The van der Waals surface area contributed by atoms with Gasteiger partial charge in [0, 0.05) is 11.9 Å². The molecule has 3 rings (SSSR count). The Hall–Kier alpha value is -1.66. The molecule has 1 aromatic heterocycles. The van der Waals surface area contributed by atoms with Crippen molar-refractivity contribution in [3.63, 3.8) is 0 Å². The van der Waals surface area contributed by atoms with E-state index in [0.29, 0.717) is 17.9 Å². The lowest BCUT2D eigenvalue weighted by atomic mass is 10.0. The van der Waals surface area contributed by atoms with Gasteiger partial charge in [-0.15, -0.1) is 0 Å². The highest BCUT2D eigenvalue weighted by Gasteiger charge is 2.27. The number of sulfone groups is 1. The molecule has 0 spiro atoms. The minimum atomic E-state index is -2.84. The molecule has 0 aliphatic carbocycles. The van der Waals surface area contributed by atoms with Crippen LogP contribution in [0.25, 0.3) is 10.9 Å². The van der Waals surface area contributed by atoms with Crippen LogP contribution in [0.3, 0.4) is 0 Å². The minimum Gasteiger partial charge on any atom is -0.352 e. The van der Waals surface area contributed by atoms with E-state index in [1.165, 1.54) is 0 Å². The van der Waals surface area contributed by atoms with E-state index in [-0.39, 0.29) is 22.7 Å². The summed E-state index contributed by atoms with van der Waals surface area (Å²) in [6.07, 6.45) is 2.29. The molecule has 1 amide bonds. The standard InChI is InChI=1S/C19H23ClN2O3S/c1-12-8-13(2)17-15(9-12)10-16(18(20)22-17)19(23)21-6-3-4-14-5-7-26(24,25)11-14/h8-10,14H,3-7,11H2,1-2H3,(H,21,23). The molecule has 1 unspecified atom stereocenters. The van der Waals surface area contributed by atoms with Crippen molar-refractivity contribution in [1.82, 2.24) is 10.3 Å². The predicted octanol–water partition coefficient (Wildman–Crippen LogP) is 3.45. The number of carbonyl (C=O) groups excluding carboxylic acids is 1. The maximum atomic E-state index is 12.4. The summed E-state index contributed by atoms with van der Waals surface area (Å²) in [7, 11) is -2.84. The van der Waals surface area contributed by atoms with Gasteiger partial charge in [-0.05, 0) is 56.7 Å². The quantitative estimate of drug-likeness (QED) is 0.622. The number of aryl methyl sites for hydroxylation is 2. The summed E-state index contributed by atoms with van der Waals surface area (Å²) in [6.45, 7) is 4.47. The Bertz CT molecular complexity index is 957. The zero-order valence-electron chi connectivity index (χ0n) is 15.0. The van der Waals surface area contributed by atoms with Gasteiger partial charge in [-0.25, -0.2) is 13.4 Å². The van der Waals surface area contributed by atoms with Gasteiger partial charge >= 0.3 is 0 Å². The zero-order valence-corrected chi connectivity index (χ0v) is 16.6. The van der Waals surface area contributed by atoms with Crippen LogP contribution in [0.1, 0.15) is 40.7 Å². The Balaban J connectivity index is 1.62. The molecule has 1 fully saturated rings. The third-order valence-corrected chi connectivity index (χ3v) is 6.98. The van der Waals surface area contributed by atoms with Crippen molar-refractivity contribution in [2.75, 3.05) is 18.1 Å². The van der Waals surface area contributed by atoms with E-state index in [0.717, 1.165) is 41.3 Å². The van der Waals surface area contributed by atoms with Gasteiger partial charge in [0.1, 0.15) is 5.15 Å². The highest BCUT2D eigenvalue weighted by atomic mass is 35.5. The normalized spacial score (nSPS) is 19.0. The maximum Gasteiger partial charge on any atom is 0.254 e. The van der Waals surface area contributed by atoms with Crippen LogP contribution in [0.4, 0.5) is 0 Å².